The van der Waals surface area contributed by atoms with Crippen molar-refractivity contribution in [2.24, 2.45) is 5.73 Å². The van der Waals surface area contributed by atoms with Crippen LogP contribution in [0.2, 0.25) is 0 Å². The van der Waals surface area contributed by atoms with E-state index in [9.17, 15) is 4.39 Å². The summed E-state index contributed by atoms with van der Waals surface area (Å²) in [6.07, 6.45) is 0. The highest BCUT2D eigenvalue weighted by Crippen LogP contribution is 2.24. The van der Waals surface area contributed by atoms with Gasteiger partial charge in [-0.25, -0.2) is 4.39 Å². The van der Waals surface area contributed by atoms with Gasteiger partial charge in [0.15, 0.2) is 5.82 Å². The first-order valence-electron chi connectivity index (χ1n) is 6.41. The van der Waals surface area contributed by atoms with Crippen molar-refractivity contribution in [3.63, 3.8) is 0 Å². The Bertz CT molecular complexity index is 596. The van der Waals surface area contributed by atoms with E-state index in [1.807, 2.05) is 13.8 Å². The van der Waals surface area contributed by atoms with E-state index in [-0.39, 0.29) is 18.1 Å². The Morgan fingerprint density at radius 1 is 1.45 bits per heavy atom. The van der Waals surface area contributed by atoms with Gasteiger partial charge in [0.25, 0.3) is 5.89 Å². The van der Waals surface area contributed by atoms with Gasteiger partial charge in [0.05, 0.1) is 12.2 Å². The number of nitrogens with two attached hydrogens (primary N) is 1. The highest BCUT2D eigenvalue weighted by atomic mass is 19.1. The number of hydrogen-bond donors (Lipinski definition) is 1. The Morgan fingerprint density at radius 2 is 2.20 bits per heavy atom. The van der Waals surface area contributed by atoms with Crippen LogP contribution in [0.3, 0.4) is 0 Å². The summed E-state index contributed by atoms with van der Waals surface area (Å²) in [5, 5.41) is 3.82. The largest absolute Gasteiger partial charge is 0.379 e. The van der Waals surface area contributed by atoms with Gasteiger partial charge in [0.1, 0.15) is 11.4 Å². The van der Waals surface area contributed by atoms with Gasteiger partial charge in [0.2, 0.25) is 0 Å². The zero-order chi connectivity index (χ0) is 14.8. The summed E-state index contributed by atoms with van der Waals surface area (Å²) in [5.41, 5.74) is 6.29. The Balaban J connectivity index is 2.28. The van der Waals surface area contributed by atoms with Crippen LogP contribution in [0, 0.1) is 12.7 Å². The minimum absolute atomic E-state index is 0.116. The average molecular weight is 279 g/mol. The normalized spacial score (nSPS) is 14.2. The second-order valence-electron chi connectivity index (χ2n) is 4.96. The molecule has 0 spiro atoms. The third-order valence-corrected chi connectivity index (χ3v) is 2.90. The van der Waals surface area contributed by atoms with Crippen LogP contribution in [0.1, 0.15) is 25.2 Å². The second-order valence-corrected chi connectivity index (χ2v) is 4.96. The zero-order valence-electron chi connectivity index (χ0n) is 11.8. The molecule has 1 heterocycles. The van der Waals surface area contributed by atoms with E-state index < -0.39 is 11.4 Å². The number of aromatic nitrogens is 2. The summed E-state index contributed by atoms with van der Waals surface area (Å²) >= 11 is 0. The third-order valence-electron chi connectivity index (χ3n) is 2.90. The topological polar surface area (TPSA) is 74.2 Å². The van der Waals surface area contributed by atoms with E-state index in [4.69, 9.17) is 15.0 Å². The minimum atomic E-state index is -0.876. The second kappa shape index (κ2) is 5.68. The molecule has 2 aromatic rings. The van der Waals surface area contributed by atoms with Gasteiger partial charge in [-0.3, -0.25) is 0 Å². The first-order valence-corrected chi connectivity index (χ1v) is 6.41. The number of rotatable bonds is 5. The Hall–Kier alpha value is -1.79. The predicted molar refractivity (Wildman–Crippen MR) is 72.5 cm³/mol. The minimum Gasteiger partial charge on any atom is -0.379 e. The van der Waals surface area contributed by atoms with E-state index >= 15 is 0 Å². The first kappa shape index (κ1) is 14.6. The molecule has 1 aromatic carbocycles. The Labute approximate surface area is 116 Å². The van der Waals surface area contributed by atoms with Gasteiger partial charge >= 0.3 is 0 Å². The summed E-state index contributed by atoms with van der Waals surface area (Å²) in [6.45, 7) is 6.23. The van der Waals surface area contributed by atoms with Crippen LogP contribution in [0.25, 0.3) is 11.5 Å². The molecule has 0 aliphatic rings. The van der Waals surface area contributed by atoms with E-state index in [1.165, 1.54) is 6.07 Å². The van der Waals surface area contributed by atoms with Crippen LogP contribution < -0.4 is 5.73 Å². The fourth-order valence-electron chi connectivity index (χ4n) is 1.74. The standard InChI is InChI=1S/C14H18FN3O2/c1-4-19-8-14(3,16)13-17-12(20-18-13)10-6-5-9(2)7-11(10)15/h5-7H,4,8,16H2,1-3H3. The average Bonchev–Trinajstić information content (AvgIpc) is 2.86. The summed E-state index contributed by atoms with van der Waals surface area (Å²) < 4.78 is 24.2. The van der Waals surface area contributed by atoms with Gasteiger partial charge in [0, 0.05) is 6.61 Å². The Kier molecular flexibility index (Phi) is 4.15. The molecule has 0 amide bonds. The zero-order valence-corrected chi connectivity index (χ0v) is 11.8. The van der Waals surface area contributed by atoms with E-state index in [2.05, 4.69) is 10.1 Å². The predicted octanol–water partition coefficient (Wildman–Crippen LogP) is 2.39. The van der Waals surface area contributed by atoms with Crippen LogP contribution in [0.5, 0.6) is 0 Å². The monoisotopic (exact) mass is 279 g/mol. The van der Waals surface area contributed by atoms with Crippen molar-refractivity contribution in [3.05, 3.63) is 35.4 Å². The molecule has 5 nitrogen and oxygen atoms in total. The lowest BCUT2D eigenvalue weighted by Crippen LogP contribution is -2.39. The van der Waals surface area contributed by atoms with E-state index in [0.717, 1.165) is 5.56 Å². The molecular weight excluding hydrogens is 261 g/mol. The van der Waals surface area contributed by atoms with Crippen molar-refractivity contribution >= 4 is 0 Å². The lowest BCUT2D eigenvalue weighted by atomic mass is 10.1. The van der Waals surface area contributed by atoms with Crippen LogP contribution in [-0.2, 0) is 10.3 Å². The van der Waals surface area contributed by atoms with Gasteiger partial charge in [-0.15, -0.1) is 0 Å². The van der Waals surface area contributed by atoms with E-state index in [0.29, 0.717) is 12.4 Å². The first-order chi connectivity index (χ1) is 9.44. The van der Waals surface area contributed by atoms with Crippen LogP contribution >= 0.6 is 0 Å². The molecule has 6 heteroatoms. The summed E-state index contributed by atoms with van der Waals surface area (Å²) in [6, 6.07) is 4.81. The quantitative estimate of drug-likeness (QED) is 0.909. The SMILES string of the molecule is CCOCC(C)(N)c1noc(-c2ccc(C)cc2F)n1. The molecule has 0 saturated carbocycles. The number of aryl methyl sites for hydroxylation is 1. The number of hydrogen-bond acceptors (Lipinski definition) is 5. The van der Waals surface area contributed by atoms with Gasteiger partial charge in [-0.1, -0.05) is 11.2 Å². The summed E-state index contributed by atoms with van der Waals surface area (Å²) in [7, 11) is 0. The highest BCUT2D eigenvalue weighted by molar-refractivity contribution is 5.54. The molecule has 1 unspecified atom stereocenters. The molecule has 0 aliphatic heterocycles. The lowest BCUT2D eigenvalue weighted by molar-refractivity contribution is 0.0962. The molecule has 0 bridgehead atoms. The maximum atomic E-state index is 13.9. The molecule has 0 fully saturated rings. The van der Waals surface area contributed by atoms with Crippen molar-refractivity contribution in [1.29, 1.82) is 0 Å². The van der Waals surface area contributed by atoms with Crippen molar-refractivity contribution < 1.29 is 13.7 Å². The molecule has 1 aromatic heterocycles. The van der Waals surface area contributed by atoms with Crippen molar-refractivity contribution in [1.82, 2.24) is 10.1 Å². The highest BCUT2D eigenvalue weighted by Gasteiger charge is 2.28. The van der Waals surface area contributed by atoms with Crippen molar-refractivity contribution in [3.8, 4) is 11.5 Å². The van der Waals surface area contributed by atoms with Crippen molar-refractivity contribution in [2.45, 2.75) is 26.3 Å². The smallest absolute Gasteiger partial charge is 0.260 e. The summed E-state index contributed by atoms with van der Waals surface area (Å²) in [4.78, 5) is 4.17. The third kappa shape index (κ3) is 3.02. The molecule has 108 valence electrons. The molecule has 0 aliphatic carbocycles. The number of halogens is 1. The molecular formula is C14H18FN3O2. The number of nitrogens with zero attached hydrogens (tertiary/aromatic N) is 2. The van der Waals surface area contributed by atoms with Crippen molar-refractivity contribution in [2.75, 3.05) is 13.2 Å². The van der Waals surface area contributed by atoms with Crippen LogP contribution in [-0.4, -0.2) is 23.4 Å². The molecule has 20 heavy (non-hydrogen) atoms. The van der Waals surface area contributed by atoms with Crippen LogP contribution in [0.4, 0.5) is 4.39 Å². The fourth-order valence-corrected chi connectivity index (χ4v) is 1.74. The van der Waals surface area contributed by atoms with Gasteiger partial charge in [-0.2, -0.15) is 4.98 Å². The maximum Gasteiger partial charge on any atom is 0.260 e. The molecule has 2 N–H and O–H groups in total. The van der Waals surface area contributed by atoms with Gasteiger partial charge in [-0.05, 0) is 38.5 Å². The molecule has 2 rings (SSSR count). The van der Waals surface area contributed by atoms with Crippen LogP contribution in [0.15, 0.2) is 22.7 Å². The number of ether oxygens (including phenoxy) is 1. The lowest BCUT2D eigenvalue weighted by Gasteiger charge is -2.19. The maximum absolute atomic E-state index is 13.9. The molecule has 0 radical (unpaired) electrons. The molecule has 0 saturated heterocycles. The fraction of sp³-hybridized carbons (Fsp3) is 0.429. The number of benzene rings is 1. The summed E-state index contributed by atoms with van der Waals surface area (Å²) in [5.74, 6) is 0.00957. The van der Waals surface area contributed by atoms with E-state index in [1.54, 1.807) is 19.1 Å². The Morgan fingerprint density at radius 3 is 2.85 bits per heavy atom. The van der Waals surface area contributed by atoms with Gasteiger partial charge < -0.3 is 15.0 Å². The molecule has 1 atom stereocenters.